The Morgan fingerprint density at radius 1 is 0.952 bits per heavy atom. The zero-order chi connectivity index (χ0) is 29.5. The normalized spacial score (nSPS) is 14.3. The molecule has 1 aliphatic rings. The summed E-state index contributed by atoms with van der Waals surface area (Å²) in [6.07, 6.45) is 7.53. The van der Waals surface area contributed by atoms with Gasteiger partial charge >= 0.3 is 0 Å². The van der Waals surface area contributed by atoms with Gasteiger partial charge in [-0.2, -0.15) is 0 Å². The molecular formula is C33H34N4O4S. The Balaban J connectivity index is 1.03. The van der Waals surface area contributed by atoms with Gasteiger partial charge in [-0.1, -0.05) is 68.7 Å². The number of carbonyl (C=O) groups excluding carboxylic acids is 3. The lowest BCUT2D eigenvalue weighted by molar-refractivity contribution is -0.122. The number of aryl methyl sites for hydroxylation is 2. The second-order valence-corrected chi connectivity index (χ2v) is 11.5. The highest BCUT2D eigenvalue weighted by Gasteiger charge is 2.34. The highest BCUT2D eigenvalue weighted by Crippen LogP contribution is 2.32. The fourth-order valence-electron chi connectivity index (χ4n) is 4.94. The van der Waals surface area contributed by atoms with E-state index in [-0.39, 0.29) is 16.9 Å². The van der Waals surface area contributed by atoms with E-state index in [1.165, 1.54) is 10.5 Å². The molecule has 216 valence electrons. The molecule has 1 aromatic heterocycles. The van der Waals surface area contributed by atoms with Crippen LogP contribution in [-0.2, 0) is 11.2 Å². The van der Waals surface area contributed by atoms with Crippen LogP contribution in [0.4, 0.5) is 16.2 Å². The van der Waals surface area contributed by atoms with Gasteiger partial charge in [-0.05, 0) is 89.2 Å². The molecule has 0 aliphatic carbocycles. The maximum absolute atomic E-state index is 12.8. The van der Waals surface area contributed by atoms with Crippen molar-refractivity contribution in [3.8, 4) is 0 Å². The zero-order valence-electron chi connectivity index (χ0n) is 23.9. The van der Waals surface area contributed by atoms with E-state index in [1.54, 1.807) is 6.08 Å². The minimum Gasteiger partial charge on any atom is -0.354 e. The number of rotatable bonds is 13. The van der Waals surface area contributed by atoms with Crippen molar-refractivity contribution in [2.75, 3.05) is 11.9 Å². The topological polar surface area (TPSA) is 105 Å². The third kappa shape index (κ3) is 6.97. The molecule has 1 N–H and O–H groups in total. The molecule has 4 aromatic rings. The Bertz CT molecular complexity index is 1630. The number of ketones is 1. The van der Waals surface area contributed by atoms with Gasteiger partial charge in [0, 0.05) is 24.2 Å². The number of anilines is 2. The van der Waals surface area contributed by atoms with Gasteiger partial charge < -0.3 is 5.32 Å². The molecule has 2 amide bonds. The monoisotopic (exact) mass is 582 g/mol. The molecule has 42 heavy (non-hydrogen) atoms. The van der Waals surface area contributed by atoms with Crippen molar-refractivity contribution in [1.82, 2.24) is 15.2 Å². The van der Waals surface area contributed by atoms with Crippen LogP contribution >= 0.6 is 11.8 Å². The van der Waals surface area contributed by atoms with Crippen molar-refractivity contribution in [1.29, 1.82) is 0 Å². The highest BCUT2D eigenvalue weighted by atomic mass is 32.2. The first-order valence-electron chi connectivity index (χ1n) is 14.4. The van der Waals surface area contributed by atoms with Gasteiger partial charge in [0.1, 0.15) is 5.52 Å². The van der Waals surface area contributed by atoms with Crippen LogP contribution in [0.5, 0.6) is 0 Å². The summed E-state index contributed by atoms with van der Waals surface area (Å²) in [6, 6.07) is 19.4. The quantitative estimate of drug-likeness (QED) is 0.0958. The predicted octanol–water partition coefficient (Wildman–Crippen LogP) is 8.10. The first-order chi connectivity index (χ1) is 20.4. The summed E-state index contributed by atoms with van der Waals surface area (Å²) in [6.45, 7) is 4.47. The second kappa shape index (κ2) is 13.6. The summed E-state index contributed by atoms with van der Waals surface area (Å²) in [7, 11) is 0. The number of aromatic nitrogens is 2. The number of hydrogen-bond acceptors (Lipinski definition) is 8. The first-order valence-corrected chi connectivity index (χ1v) is 15.2. The Morgan fingerprint density at radius 3 is 2.52 bits per heavy atom. The third-order valence-electron chi connectivity index (χ3n) is 7.43. The number of imide groups is 1. The van der Waals surface area contributed by atoms with Crippen LogP contribution in [0.1, 0.15) is 72.5 Å². The summed E-state index contributed by atoms with van der Waals surface area (Å²) in [5.74, 6) is -0.110. The number of benzene rings is 3. The largest absolute Gasteiger partial charge is 0.354 e. The molecular weight excluding hydrogens is 548 g/mol. The van der Waals surface area contributed by atoms with Crippen molar-refractivity contribution in [3.05, 3.63) is 87.8 Å². The lowest BCUT2D eigenvalue weighted by Crippen LogP contribution is -2.29. The number of thioether (sulfide) groups is 1. The molecule has 1 fully saturated rings. The number of unbranched alkanes of at least 4 members (excludes halogenated alkanes) is 4. The number of fused-ring (bicyclic) bond motifs is 1. The van der Waals surface area contributed by atoms with E-state index in [2.05, 4.69) is 22.6 Å². The number of carbonyl (C=O) groups is 3. The molecule has 0 atom stereocenters. The first kappa shape index (κ1) is 29.3. The van der Waals surface area contributed by atoms with Gasteiger partial charge in [0.25, 0.3) is 11.1 Å². The molecule has 1 aliphatic heterocycles. The van der Waals surface area contributed by atoms with E-state index in [4.69, 9.17) is 4.63 Å². The minimum absolute atomic E-state index is 0.102. The van der Waals surface area contributed by atoms with Crippen LogP contribution in [0.2, 0.25) is 0 Å². The van der Waals surface area contributed by atoms with Gasteiger partial charge in [-0.3, -0.25) is 19.3 Å². The van der Waals surface area contributed by atoms with Gasteiger partial charge in [-0.15, -0.1) is 0 Å². The molecule has 0 saturated carbocycles. The maximum atomic E-state index is 12.8. The third-order valence-corrected chi connectivity index (χ3v) is 8.33. The Kier molecular flexibility index (Phi) is 9.48. The van der Waals surface area contributed by atoms with Crippen LogP contribution in [0.25, 0.3) is 17.1 Å². The minimum atomic E-state index is -0.212. The summed E-state index contributed by atoms with van der Waals surface area (Å²) in [4.78, 5) is 39.9. The average molecular weight is 583 g/mol. The summed E-state index contributed by atoms with van der Waals surface area (Å²) in [5, 5.41) is 11.1. The van der Waals surface area contributed by atoms with E-state index < -0.39 is 0 Å². The Hall–Kier alpha value is -4.24. The van der Waals surface area contributed by atoms with Crippen molar-refractivity contribution in [2.45, 2.75) is 58.8 Å². The van der Waals surface area contributed by atoms with Crippen molar-refractivity contribution < 1.29 is 19.0 Å². The van der Waals surface area contributed by atoms with Gasteiger partial charge in [0.2, 0.25) is 0 Å². The SMILES string of the molecule is CCc1ccc(/C=C2\SC(=O)N(CCCCCCCC(=O)c3cccc(Nc4ccc(C)c5nonc45)c3)C2=O)cc1. The van der Waals surface area contributed by atoms with Crippen molar-refractivity contribution in [3.63, 3.8) is 0 Å². The lowest BCUT2D eigenvalue weighted by atomic mass is 10.0. The maximum Gasteiger partial charge on any atom is 0.293 e. The zero-order valence-corrected chi connectivity index (χ0v) is 24.7. The van der Waals surface area contributed by atoms with Crippen LogP contribution in [-0.4, -0.2) is 38.7 Å². The highest BCUT2D eigenvalue weighted by molar-refractivity contribution is 8.18. The van der Waals surface area contributed by atoms with Crippen LogP contribution in [0.3, 0.4) is 0 Å². The van der Waals surface area contributed by atoms with E-state index in [9.17, 15) is 14.4 Å². The molecule has 0 radical (unpaired) electrons. The standard InChI is InChI=1S/C33H34N4O4S/c1-3-23-14-16-24(17-15-23)20-29-32(39)37(33(40)42-29)19-8-6-4-5-7-12-28(38)25-10-9-11-26(21-25)34-27-18-13-22(2)30-31(27)36-41-35-30/h9-11,13-18,20-21,34H,3-8,12,19H2,1-2H3/b29-20-. The van der Waals surface area contributed by atoms with Gasteiger partial charge in [0.15, 0.2) is 11.3 Å². The molecule has 5 rings (SSSR count). The average Bonchev–Trinajstić information content (AvgIpc) is 3.60. The second-order valence-electron chi connectivity index (χ2n) is 10.5. The van der Waals surface area contributed by atoms with Crippen LogP contribution in [0.15, 0.2) is 70.2 Å². The Morgan fingerprint density at radius 2 is 1.71 bits per heavy atom. The molecule has 3 aromatic carbocycles. The number of hydrogen-bond donors (Lipinski definition) is 1. The molecule has 8 nitrogen and oxygen atoms in total. The Labute approximate surface area is 249 Å². The van der Waals surface area contributed by atoms with Crippen LogP contribution < -0.4 is 5.32 Å². The number of amides is 2. The molecule has 1 saturated heterocycles. The van der Waals surface area contributed by atoms with Gasteiger partial charge in [-0.25, -0.2) is 4.63 Å². The van der Waals surface area contributed by atoms with E-state index in [0.717, 1.165) is 72.8 Å². The smallest absolute Gasteiger partial charge is 0.293 e. The summed E-state index contributed by atoms with van der Waals surface area (Å²) in [5.41, 5.74) is 6.73. The summed E-state index contributed by atoms with van der Waals surface area (Å²) >= 11 is 1.01. The van der Waals surface area contributed by atoms with E-state index in [0.29, 0.717) is 34.5 Å². The molecule has 2 heterocycles. The molecule has 0 unspecified atom stereocenters. The number of Topliss-reactive ketones (excluding diaryl/α,β-unsaturated/α-hetero) is 1. The molecule has 0 spiro atoms. The van der Waals surface area contributed by atoms with E-state index in [1.807, 2.05) is 67.6 Å². The fraction of sp³-hybridized carbons (Fsp3) is 0.303. The van der Waals surface area contributed by atoms with E-state index >= 15 is 0 Å². The number of nitrogens with zero attached hydrogens (tertiary/aromatic N) is 3. The molecule has 9 heteroatoms. The summed E-state index contributed by atoms with van der Waals surface area (Å²) < 4.78 is 4.90. The number of nitrogens with one attached hydrogen (secondary N) is 1. The van der Waals surface area contributed by atoms with Crippen molar-refractivity contribution >= 4 is 57.2 Å². The fourth-order valence-corrected chi connectivity index (χ4v) is 5.81. The molecule has 0 bridgehead atoms. The van der Waals surface area contributed by atoms with Crippen LogP contribution in [0, 0.1) is 6.92 Å². The van der Waals surface area contributed by atoms with Gasteiger partial charge in [0.05, 0.1) is 10.6 Å². The lowest BCUT2D eigenvalue weighted by Gasteiger charge is -2.12. The predicted molar refractivity (Wildman–Crippen MR) is 167 cm³/mol. The van der Waals surface area contributed by atoms with Crippen molar-refractivity contribution in [2.24, 2.45) is 0 Å².